The molecule has 0 aliphatic carbocycles. The third kappa shape index (κ3) is 2.72. The Bertz CT molecular complexity index is 653. The van der Waals surface area contributed by atoms with Crippen LogP contribution in [0.5, 0.6) is 0 Å². The standard InChI is InChI=1S/C8H10N6O2S2/c1-5-12-13-8(17-5)14-18(15,16)6-2-3-10-7(4-6)11-9/h2-4H,9H2,1H3,(H,10,11)(H,13,14). The Kier molecular flexibility index (Phi) is 3.41. The molecule has 0 aromatic carbocycles. The van der Waals surface area contributed by atoms with E-state index in [9.17, 15) is 8.42 Å². The summed E-state index contributed by atoms with van der Waals surface area (Å²) in [6.45, 7) is 1.73. The number of aryl methyl sites for hydroxylation is 1. The number of pyridine rings is 1. The molecule has 2 rings (SSSR count). The van der Waals surface area contributed by atoms with Gasteiger partial charge in [0.2, 0.25) is 5.13 Å². The Morgan fingerprint density at radius 2 is 2.17 bits per heavy atom. The fourth-order valence-electron chi connectivity index (χ4n) is 1.17. The fraction of sp³-hybridized carbons (Fsp3) is 0.125. The second-order valence-electron chi connectivity index (χ2n) is 3.25. The Hall–Kier alpha value is -1.78. The van der Waals surface area contributed by atoms with Crippen molar-refractivity contribution in [3.8, 4) is 0 Å². The van der Waals surface area contributed by atoms with Gasteiger partial charge in [-0.1, -0.05) is 11.3 Å². The Balaban J connectivity index is 2.30. The molecule has 0 fully saturated rings. The van der Waals surface area contributed by atoms with Gasteiger partial charge in [-0.3, -0.25) is 4.72 Å². The average molecular weight is 286 g/mol. The quantitative estimate of drug-likeness (QED) is 0.546. The summed E-state index contributed by atoms with van der Waals surface area (Å²) in [5.74, 6) is 5.43. The average Bonchev–Trinajstić information content (AvgIpc) is 2.74. The maximum absolute atomic E-state index is 12.0. The molecule has 2 aromatic heterocycles. The smallest absolute Gasteiger partial charge is 0.263 e. The van der Waals surface area contributed by atoms with Crippen molar-refractivity contribution in [3.05, 3.63) is 23.3 Å². The zero-order valence-corrected chi connectivity index (χ0v) is 10.9. The molecule has 8 nitrogen and oxygen atoms in total. The first-order chi connectivity index (χ1) is 8.51. The van der Waals surface area contributed by atoms with Gasteiger partial charge in [-0.15, -0.1) is 10.2 Å². The molecule has 0 amide bonds. The highest BCUT2D eigenvalue weighted by molar-refractivity contribution is 7.93. The number of hydrogen-bond acceptors (Lipinski definition) is 8. The molecule has 18 heavy (non-hydrogen) atoms. The highest BCUT2D eigenvalue weighted by atomic mass is 32.2. The summed E-state index contributed by atoms with van der Waals surface area (Å²) in [7, 11) is -3.71. The van der Waals surface area contributed by atoms with E-state index in [0.717, 1.165) is 11.3 Å². The molecule has 2 aromatic rings. The molecule has 0 atom stereocenters. The normalized spacial score (nSPS) is 11.2. The summed E-state index contributed by atoms with van der Waals surface area (Å²) in [5, 5.41) is 8.30. The summed E-state index contributed by atoms with van der Waals surface area (Å²) in [6, 6.07) is 2.67. The number of nitrogens with zero attached hydrogens (tertiary/aromatic N) is 3. The number of sulfonamides is 1. The minimum absolute atomic E-state index is 0.0401. The van der Waals surface area contributed by atoms with Crippen LogP contribution in [0, 0.1) is 6.92 Å². The number of hydrazine groups is 1. The first kappa shape index (κ1) is 12.7. The van der Waals surface area contributed by atoms with Crippen LogP contribution in [0.3, 0.4) is 0 Å². The van der Waals surface area contributed by atoms with Crippen LogP contribution in [0.4, 0.5) is 10.9 Å². The molecule has 0 unspecified atom stereocenters. The molecule has 0 aliphatic heterocycles. The van der Waals surface area contributed by atoms with E-state index in [0.29, 0.717) is 5.01 Å². The number of nitrogens with two attached hydrogens (primary N) is 1. The minimum atomic E-state index is -3.71. The molecule has 4 N–H and O–H groups in total. The molecular formula is C8H10N6O2S2. The minimum Gasteiger partial charge on any atom is -0.308 e. The number of nitrogens with one attached hydrogen (secondary N) is 2. The lowest BCUT2D eigenvalue weighted by Crippen LogP contribution is -2.14. The van der Waals surface area contributed by atoms with E-state index in [1.165, 1.54) is 18.3 Å². The summed E-state index contributed by atoms with van der Waals surface area (Å²) in [6.07, 6.45) is 1.34. The van der Waals surface area contributed by atoms with Gasteiger partial charge in [-0.05, 0) is 13.0 Å². The second-order valence-corrected chi connectivity index (χ2v) is 6.12. The molecule has 0 spiro atoms. The second kappa shape index (κ2) is 4.84. The van der Waals surface area contributed by atoms with E-state index in [1.807, 2.05) is 0 Å². The first-order valence-corrected chi connectivity index (χ1v) is 7.07. The van der Waals surface area contributed by atoms with Crippen molar-refractivity contribution in [2.24, 2.45) is 5.84 Å². The fourth-order valence-corrected chi connectivity index (χ4v) is 3.00. The lowest BCUT2D eigenvalue weighted by Gasteiger charge is -2.05. The van der Waals surface area contributed by atoms with E-state index in [-0.39, 0.29) is 15.8 Å². The first-order valence-electron chi connectivity index (χ1n) is 4.77. The van der Waals surface area contributed by atoms with E-state index in [4.69, 9.17) is 5.84 Å². The van der Waals surface area contributed by atoms with Crippen LogP contribution in [-0.4, -0.2) is 23.6 Å². The maximum Gasteiger partial charge on any atom is 0.263 e. The van der Waals surface area contributed by atoms with Gasteiger partial charge in [0.05, 0.1) is 4.90 Å². The number of anilines is 2. The van der Waals surface area contributed by atoms with E-state index < -0.39 is 10.0 Å². The van der Waals surface area contributed by atoms with Crippen LogP contribution in [0.15, 0.2) is 23.2 Å². The van der Waals surface area contributed by atoms with Gasteiger partial charge < -0.3 is 5.43 Å². The number of hydrogen-bond donors (Lipinski definition) is 3. The van der Waals surface area contributed by atoms with Gasteiger partial charge >= 0.3 is 0 Å². The van der Waals surface area contributed by atoms with Gasteiger partial charge in [0.15, 0.2) is 0 Å². The Morgan fingerprint density at radius 1 is 1.39 bits per heavy atom. The maximum atomic E-state index is 12.0. The topological polar surface area (TPSA) is 123 Å². The van der Waals surface area contributed by atoms with Gasteiger partial charge in [0.25, 0.3) is 10.0 Å². The third-order valence-electron chi connectivity index (χ3n) is 1.94. The van der Waals surface area contributed by atoms with Crippen LogP contribution >= 0.6 is 11.3 Å². The molecule has 0 saturated heterocycles. The predicted molar refractivity (Wildman–Crippen MR) is 67.5 cm³/mol. The molecule has 10 heteroatoms. The molecule has 0 radical (unpaired) electrons. The summed E-state index contributed by atoms with van der Waals surface area (Å²) >= 11 is 1.15. The van der Waals surface area contributed by atoms with E-state index >= 15 is 0 Å². The van der Waals surface area contributed by atoms with Crippen molar-refractivity contribution in [2.75, 3.05) is 10.1 Å². The van der Waals surface area contributed by atoms with Crippen molar-refractivity contribution in [1.29, 1.82) is 0 Å². The predicted octanol–water partition coefficient (Wildman–Crippen LogP) is 0.328. The monoisotopic (exact) mass is 286 g/mol. The highest BCUT2D eigenvalue weighted by Crippen LogP contribution is 2.19. The third-order valence-corrected chi connectivity index (χ3v) is 4.16. The van der Waals surface area contributed by atoms with Crippen molar-refractivity contribution in [3.63, 3.8) is 0 Å². The van der Waals surface area contributed by atoms with Crippen molar-refractivity contribution < 1.29 is 8.42 Å². The molecule has 0 bridgehead atoms. The Labute approximate surface area is 107 Å². The molecule has 0 saturated carbocycles. The van der Waals surface area contributed by atoms with Gasteiger partial charge in [0, 0.05) is 12.3 Å². The number of nitrogen functional groups attached to an aromatic ring is 1. The molecular weight excluding hydrogens is 276 g/mol. The van der Waals surface area contributed by atoms with Crippen LogP contribution in [0.2, 0.25) is 0 Å². The van der Waals surface area contributed by atoms with Crippen LogP contribution in [0.1, 0.15) is 5.01 Å². The molecule has 96 valence electrons. The zero-order chi connectivity index (χ0) is 13.2. The highest BCUT2D eigenvalue weighted by Gasteiger charge is 2.17. The van der Waals surface area contributed by atoms with Crippen LogP contribution in [-0.2, 0) is 10.0 Å². The SMILES string of the molecule is Cc1nnc(NS(=O)(=O)c2ccnc(NN)c2)s1. The van der Waals surface area contributed by atoms with Crippen molar-refractivity contribution >= 4 is 32.3 Å². The van der Waals surface area contributed by atoms with Crippen molar-refractivity contribution in [1.82, 2.24) is 15.2 Å². The summed E-state index contributed by atoms with van der Waals surface area (Å²) in [5.41, 5.74) is 2.28. The largest absolute Gasteiger partial charge is 0.308 e. The summed E-state index contributed by atoms with van der Waals surface area (Å²) < 4.78 is 26.3. The van der Waals surface area contributed by atoms with Gasteiger partial charge in [-0.2, -0.15) is 0 Å². The molecule has 0 aliphatic rings. The number of rotatable bonds is 4. The number of aromatic nitrogens is 3. The van der Waals surface area contributed by atoms with E-state index in [2.05, 4.69) is 25.3 Å². The lowest BCUT2D eigenvalue weighted by molar-refractivity contribution is 0.601. The van der Waals surface area contributed by atoms with Crippen LogP contribution < -0.4 is 16.0 Å². The summed E-state index contributed by atoms with van der Waals surface area (Å²) in [4.78, 5) is 3.87. The molecule has 2 heterocycles. The van der Waals surface area contributed by atoms with Gasteiger partial charge in [-0.25, -0.2) is 19.2 Å². The lowest BCUT2D eigenvalue weighted by atomic mass is 10.5. The van der Waals surface area contributed by atoms with Crippen LogP contribution in [0.25, 0.3) is 0 Å². The van der Waals surface area contributed by atoms with Gasteiger partial charge in [0.1, 0.15) is 10.8 Å². The van der Waals surface area contributed by atoms with E-state index in [1.54, 1.807) is 6.92 Å². The Morgan fingerprint density at radius 3 is 2.78 bits per heavy atom. The zero-order valence-electron chi connectivity index (χ0n) is 9.28. The van der Waals surface area contributed by atoms with Crippen molar-refractivity contribution in [2.45, 2.75) is 11.8 Å².